The van der Waals surface area contributed by atoms with Crippen molar-refractivity contribution in [1.82, 2.24) is 0 Å². The predicted molar refractivity (Wildman–Crippen MR) is 66.0 cm³/mol. The summed E-state index contributed by atoms with van der Waals surface area (Å²) in [4.78, 5) is 10.5. The molecule has 0 aliphatic carbocycles. The summed E-state index contributed by atoms with van der Waals surface area (Å²) < 4.78 is 0. The summed E-state index contributed by atoms with van der Waals surface area (Å²) in [5, 5.41) is 0. The van der Waals surface area contributed by atoms with Crippen LogP contribution in [-0.4, -0.2) is 17.4 Å². The molecule has 0 fully saturated rings. The van der Waals surface area contributed by atoms with Gasteiger partial charge in [0.25, 0.3) is 0 Å². The molecule has 0 spiro atoms. The smallest absolute Gasteiger partial charge is 0.218 e. The zero-order chi connectivity index (χ0) is 11.1. The van der Waals surface area contributed by atoms with E-state index in [-0.39, 0.29) is 5.91 Å². The van der Waals surface area contributed by atoms with Crippen LogP contribution < -0.4 is 5.73 Å². The van der Waals surface area contributed by atoms with E-state index in [1.807, 2.05) is 6.07 Å². The number of nitrogens with two attached hydrogens (primary N) is 1. The molecule has 0 aliphatic rings. The first-order valence-corrected chi connectivity index (χ1v) is 6.26. The zero-order valence-electron chi connectivity index (χ0n) is 8.98. The number of thioether (sulfide) groups is 1. The lowest BCUT2D eigenvalue weighted by Gasteiger charge is -2.10. The molecule has 0 radical (unpaired) electrons. The molecule has 2 N–H and O–H groups in total. The fourth-order valence-corrected chi connectivity index (χ4v) is 2.37. The third kappa shape index (κ3) is 4.88. The van der Waals surface area contributed by atoms with Crippen molar-refractivity contribution in [3.63, 3.8) is 0 Å². The number of hydrogen-bond acceptors (Lipinski definition) is 2. The van der Waals surface area contributed by atoms with E-state index in [0.717, 1.165) is 11.5 Å². The normalized spacial score (nSPS) is 12.3. The van der Waals surface area contributed by atoms with E-state index in [2.05, 4.69) is 31.2 Å². The molecular weight excluding hydrogens is 206 g/mol. The second-order valence-corrected chi connectivity index (χ2v) is 4.75. The Morgan fingerprint density at radius 1 is 1.40 bits per heavy atom. The minimum atomic E-state index is -0.213. The highest BCUT2D eigenvalue weighted by atomic mass is 32.2. The van der Waals surface area contributed by atoms with E-state index in [0.29, 0.717) is 12.3 Å². The van der Waals surface area contributed by atoms with Crippen molar-refractivity contribution >= 4 is 17.7 Å². The second kappa shape index (κ2) is 6.51. The van der Waals surface area contributed by atoms with Crippen LogP contribution in [0.5, 0.6) is 0 Å². The largest absolute Gasteiger partial charge is 0.370 e. The summed E-state index contributed by atoms with van der Waals surface area (Å²) in [6.45, 7) is 2.20. The third-order valence-corrected chi connectivity index (χ3v) is 3.46. The first kappa shape index (κ1) is 12.1. The number of benzene rings is 1. The molecule has 0 saturated heterocycles. The fraction of sp³-hybridized carbons (Fsp3) is 0.417. The molecule has 0 aromatic heterocycles. The van der Waals surface area contributed by atoms with Crippen molar-refractivity contribution in [1.29, 1.82) is 0 Å². The van der Waals surface area contributed by atoms with Crippen molar-refractivity contribution in [2.45, 2.75) is 19.3 Å². The predicted octanol–water partition coefficient (Wildman–Crippen LogP) is 2.40. The Morgan fingerprint density at radius 3 is 2.67 bits per heavy atom. The first-order valence-electron chi connectivity index (χ1n) is 5.11. The molecule has 0 heterocycles. The average Bonchev–Trinajstić information content (AvgIpc) is 2.25. The Bertz CT molecular complexity index is 300. The van der Waals surface area contributed by atoms with E-state index < -0.39 is 0 Å². The van der Waals surface area contributed by atoms with Gasteiger partial charge in [-0.3, -0.25) is 4.79 Å². The lowest BCUT2D eigenvalue weighted by molar-refractivity contribution is -0.117. The molecule has 1 rings (SSSR count). The molecule has 1 aromatic rings. The Morgan fingerprint density at radius 2 is 2.07 bits per heavy atom. The second-order valence-electron chi connectivity index (χ2n) is 3.60. The zero-order valence-corrected chi connectivity index (χ0v) is 9.80. The summed E-state index contributed by atoms with van der Waals surface area (Å²) in [5.41, 5.74) is 6.42. The van der Waals surface area contributed by atoms with Crippen molar-refractivity contribution < 1.29 is 4.79 Å². The van der Waals surface area contributed by atoms with Crippen LogP contribution in [0.3, 0.4) is 0 Å². The summed E-state index contributed by atoms with van der Waals surface area (Å²) in [7, 11) is 0. The van der Waals surface area contributed by atoms with Crippen LogP contribution in [0.2, 0.25) is 0 Å². The maximum Gasteiger partial charge on any atom is 0.218 e. The van der Waals surface area contributed by atoms with Crippen molar-refractivity contribution in [3.8, 4) is 0 Å². The van der Waals surface area contributed by atoms with Gasteiger partial charge in [-0.25, -0.2) is 0 Å². The van der Waals surface area contributed by atoms with Gasteiger partial charge in [-0.15, -0.1) is 0 Å². The van der Waals surface area contributed by atoms with Crippen LogP contribution in [0, 0.1) is 0 Å². The van der Waals surface area contributed by atoms with Gasteiger partial charge in [0.2, 0.25) is 5.91 Å². The molecule has 1 amide bonds. The van der Waals surface area contributed by atoms with Crippen LogP contribution in [0.25, 0.3) is 0 Å². The van der Waals surface area contributed by atoms with Crippen molar-refractivity contribution in [2.75, 3.05) is 11.5 Å². The Labute approximate surface area is 95.2 Å². The molecule has 0 bridgehead atoms. The summed E-state index contributed by atoms with van der Waals surface area (Å²) in [5.74, 6) is 2.18. The van der Waals surface area contributed by atoms with Crippen LogP contribution in [0.4, 0.5) is 0 Å². The van der Waals surface area contributed by atoms with Gasteiger partial charge in [-0.1, -0.05) is 37.3 Å². The Balaban J connectivity index is 2.25. The van der Waals surface area contributed by atoms with Gasteiger partial charge in [0.05, 0.1) is 0 Å². The van der Waals surface area contributed by atoms with Gasteiger partial charge in [-0.2, -0.15) is 11.8 Å². The van der Waals surface area contributed by atoms with E-state index in [9.17, 15) is 4.79 Å². The monoisotopic (exact) mass is 223 g/mol. The average molecular weight is 223 g/mol. The molecule has 0 unspecified atom stereocenters. The SMILES string of the molecule is C[C@@H](CSCCC(N)=O)c1ccccc1. The van der Waals surface area contributed by atoms with Gasteiger partial charge < -0.3 is 5.73 Å². The van der Waals surface area contributed by atoms with E-state index in [1.54, 1.807) is 11.8 Å². The molecule has 15 heavy (non-hydrogen) atoms. The molecule has 1 aromatic carbocycles. The number of hydrogen-bond donors (Lipinski definition) is 1. The van der Waals surface area contributed by atoms with E-state index >= 15 is 0 Å². The standard InChI is InChI=1S/C12H17NOS/c1-10(9-15-8-7-12(13)14)11-5-3-2-4-6-11/h2-6,10H,7-9H2,1H3,(H2,13,14)/t10-/m0/s1. The molecular formula is C12H17NOS. The third-order valence-electron chi connectivity index (χ3n) is 2.23. The Kier molecular flexibility index (Phi) is 5.26. The minimum absolute atomic E-state index is 0.213. The maximum atomic E-state index is 10.5. The van der Waals surface area contributed by atoms with E-state index in [1.165, 1.54) is 5.56 Å². The topological polar surface area (TPSA) is 43.1 Å². The van der Waals surface area contributed by atoms with Gasteiger partial charge in [0, 0.05) is 12.2 Å². The molecule has 0 saturated carbocycles. The highest BCUT2D eigenvalue weighted by Gasteiger charge is 2.04. The first-order chi connectivity index (χ1) is 7.20. The van der Waals surface area contributed by atoms with Crippen molar-refractivity contribution in [3.05, 3.63) is 35.9 Å². The van der Waals surface area contributed by atoms with E-state index in [4.69, 9.17) is 5.73 Å². The summed E-state index contributed by atoms with van der Waals surface area (Å²) in [6.07, 6.45) is 0.478. The van der Waals surface area contributed by atoms with Crippen LogP contribution in [-0.2, 0) is 4.79 Å². The van der Waals surface area contributed by atoms with Crippen LogP contribution in [0.1, 0.15) is 24.8 Å². The number of carbonyl (C=O) groups is 1. The number of primary amides is 1. The molecule has 1 atom stereocenters. The minimum Gasteiger partial charge on any atom is -0.370 e. The van der Waals surface area contributed by atoms with Crippen LogP contribution >= 0.6 is 11.8 Å². The van der Waals surface area contributed by atoms with Gasteiger partial charge in [0.1, 0.15) is 0 Å². The molecule has 0 aliphatic heterocycles. The molecule has 3 heteroatoms. The highest BCUT2D eigenvalue weighted by Crippen LogP contribution is 2.20. The molecule has 2 nitrogen and oxygen atoms in total. The lowest BCUT2D eigenvalue weighted by Crippen LogP contribution is -2.11. The van der Waals surface area contributed by atoms with Crippen molar-refractivity contribution in [2.24, 2.45) is 5.73 Å². The Hall–Kier alpha value is -0.960. The number of carbonyl (C=O) groups excluding carboxylic acids is 1. The summed E-state index contributed by atoms with van der Waals surface area (Å²) in [6, 6.07) is 10.4. The highest BCUT2D eigenvalue weighted by molar-refractivity contribution is 7.99. The number of rotatable bonds is 6. The fourth-order valence-electron chi connectivity index (χ4n) is 1.31. The van der Waals surface area contributed by atoms with Gasteiger partial charge in [0.15, 0.2) is 0 Å². The quantitative estimate of drug-likeness (QED) is 0.752. The number of amides is 1. The summed E-state index contributed by atoms with van der Waals surface area (Å²) >= 11 is 1.78. The van der Waals surface area contributed by atoms with Gasteiger partial charge >= 0.3 is 0 Å². The maximum absolute atomic E-state index is 10.5. The lowest BCUT2D eigenvalue weighted by atomic mass is 10.0. The van der Waals surface area contributed by atoms with Gasteiger partial charge in [-0.05, 0) is 17.2 Å². The van der Waals surface area contributed by atoms with Crippen LogP contribution in [0.15, 0.2) is 30.3 Å². The molecule has 82 valence electrons.